The van der Waals surface area contributed by atoms with Crippen molar-refractivity contribution in [2.75, 3.05) is 18.1 Å². The van der Waals surface area contributed by atoms with E-state index in [1.807, 2.05) is 55.6 Å². The van der Waals surface area contributed by atoms with E-state index in [0.717, 1.165) is 28.1 Å². The van der Waals surface area contributed by atoms with Crippen LogP contribution in [-0.2, 0) is 16.3 Å². The van der Waals surface area contributed by atoms with Crippen molar-refractivity contribution in [3.8, 4) is 0 Å². The molecule has 1 unspecified atom stereocenters. The zero-order chi connectivity index (χ0) is 17.3. The molecule has 0 spiro atoms. The normalized spacial score (nSPS) is 14.7. The van der Waals surface area contributed by atoms with Crippen molar-refractivity contribution in [2.24, 2.45) is 0 Å². The number of hydrogen-bond donors (Lipinski definition) is 0. The number of anilines is 2. The van der Waals surface area contributed by atoms with E-state index in [9.17, 15) is 13.2 Å². The fourth-order valence-electron chi connectivity index (χ4n) is 2.72. The van der Waals surface area contributed by atoms with Crippen LogP contribution >= 0.6 is 6.92 Å². The molecule has 0 saturated heterocycles. The molecule has 0 aliphatic carbocycles. The first-order chi connectivity index (χ1) is 11.4. The summed E-state index contributed by atoms with van der Waals surface area (Å²) in [6.07, 6.45) is -3.95. The number of hydrogen-bond acceptors (Lipinski definition) is 3. The van der Waals surface area contributed by atoms with E-state index in [-0.39, 0.29) is 0 Å². The molecule has 1 aliphatic heterocycles. The van der Waals surface area contributed by atoms with Crippen LogP contribution in [0.4, 0.5) is 24.5 Å². The zero-order valence-corrected chi connectivity index (χ0v) is 14.6. The Morgan fingerprint density at radius 3 is 2.04 bits per heavy atom. The molecule has 0 radical (unpaired) electrons. The Morgan fingerprint density at radius 1 is 1.04 bits per heavy atom. The van der Waals surface area contributed by atoms with Gasteiger partial charge in [-0.15, -0.1) is 0 Å². The van der Waals surface area contributed by atoms with Crippen LogP contribution in [-0.4, -0.2) is 19.4 Å². The van der Waals surface area contributed by atoms with E-state index < -0.39 is 19.3 Å². The van der Waals surface area contributed by atoms with Gasteiger partial charge in [0.15, 0.2) is 0 Å². The Hall–Kier alpha value is -1.78. The van der Waals surface area contributed by atoms with Crippen LogP contribution in [0.1, 0.15) is 11.1 Å². The van der Waals surface area contributed by atoms with E-state index in [1.54, 1.807) is 0 Å². The van der Waals surface area contributed by atoms with Crippen LogP contribution in [0.3, 0.4) is 0 Å². The van der Waals surface area contributed by atoms with Crippen molar-refractivity contribution in [1.82, 2.24) is 0 Å². The average molecular weight is 369 g/mol. The summed E-state index contributed by atoms with van der Waals surface area (Å²) in [5, 5.41) is 0. The minimum absolute atomic E-state index is 0.758. The Kier molecular flexibility index (Phi) is 4.70. The average Bonchev–Trinajstić information content (AvgIpc) is 2.53. The van der Waals surface area contributed by atoms with Gasteiger partial charge in [0.25, 0.3) is 0 Å². The minimum atomic E-state index is -4.29. The molecule has 0 aromatic heterocycles. The maximum Gasteiger partial charge on any atom is 0.396 e. The lowest BCUT2D eigenvalue weighted by Crippen LogP contribution is -2.17. The van der Waals surface area contributed by atoms with Gasteiger partial charge in [0, 0.05) is 35.1 Å². The molecule has 3 rings (SSSR count). The number of para-hydroxylation sites is 2. The van der Waals surface area contributed by atoms with Gasteiger partial charge in [0.1, 0.15) is 13.1 Å². The van der Waals surface area contributed by atoms with Crippen LogP contribution in [0.25, 0.3) is 5.57 Å². The Morgan fingerprint density at radius 2 is 1.54 bits per heavy atom. The monoisotopic (exact) mass is 369 g/mol. The van der Waals surface area contributed by atoms with Crippen LogP contribution in [0, 0.1) is 0 Å². The van der Waals surface area contributed by atoms with Crippen LogP contribution in [0.15, 0.2) is 54.8 Å². The van der Waals surface area contributed by atoms with Crippen LogP contribution < -0.4 is 4.90 Å². The summed E-state index contributed by atoms with van der Waals surface area (Å²) in [5.74, 6) is 0. The van der Waals surface area contributed by atoms with Gasteiger partial charge in [-0.3, -0.25) is 0 Å². The fraction of sp³-hybridized carbons (Fsp3) is 0.176. The van der Waals surface area contributed by atoms with Crippen molar-refractivity contribution in [1.29, 1.82) is 0 Å². The van der Waals surface area contributed by atoms with E-state index in [0.29, 0.717) is 0 Å². The van der Waals surface area contributed by atoms with Crippen molar-refractivity contribution in [2.45, 2.75) is 6.18 Å². The minimum Gasteiger partial charge on any atom is -0.476 e. The number of fused-ring (bicyclic) bond motifs is 2. The molecule has 2 nitrogen and oxygen atoms in total. The van der Waals surface area contributed by atoms with Gasteiger partial charge in [-0.1, -0.05) is 48.2 Å². The summed E-state index contributed by atoms with van der Waals surface area (Å²) < 4.78 is 42.7. The number of alkyl halides is 3. The maximum absolute atomic E-state index is 12.5. The van der Waals surface area contributed by atoms with Gasteiger partial charge in [-0.05, 0) is 12.1 Å². The van der Waals surface area contributed by atoms with E-state index in [2.05, 4.69) is 4.90 Å². The summed E-state index contributed by atoms with van der Waals surface area (Å²) in [7, 11) is 1.96. The molecule has 0 N–H and O–H groups in total. The van der Waals surface area contributed by atoms with Crippen molar-refractivity contribution in [3.05, 3.63) is 65.9 Å². The second-order valence-corrected chi connectivity index (χ2v) is 8.11. The number of nitrogens with zero attached hydrogens (tertiary/aromatic N) is 1. The third-order valence-corrected chi connectivity index (χ3v) is 5.56. The Labute approximate surface area is 144 Å². The summed E-state index contributed by atoms with van der Waals surface area (Å²) >= 11 is 4.88. The topological polar surface area (TPSA) is 12.5 Å². The molecule has 0 amide bonds. The van der Waals surface area contributed by atoms with Gasteiger partial charge in [-0.2, -0.15) is 13.2 Å². The lowest BCUT2D eigenvalue weighted by molar-refractivity contribution is -0.106. The van der Waals surface area contributed by atoms with Gasteiger partial charge in [-0.25, -0.2) is 0 Å². The quantitative estimate of drug-likeness (QED) is 0.536. The molecule has 7 heteroatoms. The third-order valence-electron chi connectivity index (χ3n) is 3.76. The number of rotatable bonds is 3. The highest BCUT2D eigenvalue weighted by molar-refractivity contribution is 8.03. The molecule has 0 bridgehead atoms. The lowest BCUT2D eigenvalue weighted by atomic mass is 9.91. The summed E-state index contributed by atoms with van der Waals surface area (Å²) in [4.78, 5) is 2.05. The smallest absolute Gasteiger partial charge is 0.396 e. The van der Waals surface area contributed by atoms with Crippen molar-refractivity contribution < 1.29 is 17.7 Å². The van der Waals surface area contributed by atoms with E-state index >= 15 is 0 Å². The second kappa shape index (κ2) is 6.61. The molecule has 0 fully saturated rings. The molecule has 1 atom stereocenters. The maximum atomic E-state index is 12.5. The zero-order valence-electron chi connectivity index (χ0n) is 12.8. The van der Waals surface area contributed by atoms with Crippen molar-refractivity contribution in [3.63, 3.8) is 0 Å². The highest BCUT2D eigenvalue weighted by Crippen LogP contribution is 2.44. The van der Waals surface area contributed by atoms with E-state index in [1.165, 1.54) is 6.26 Å². The van der Waals surface area contributed by atoms with Crippen molar-refractivity contribution >= 4 is 35.7 Å². The molecule has 1 heterocycles. The standard InChI is InChI=1S/C17H15F3NOPS/c1-21-15-8-4-2-6-12(15)14(13-7-3-5-9-16(13)21)10-22-23(24)11-17(18,19)20/h2-10,23H,11H2,1H3. The number of halogens is 3. The highest BCUT2D eigenvalue weighted by Gasteiger charge is 2.29. The fourth-order valence-corrected chi connectivity index (χ4v) is 4.01. The third kappa shape index (κ3) is 3.50. The van der Waals surface area contributed by atoms with Gasteiger partial charge >= 0.3 is 6.18 Å². The lowest BCUT2D eigenvalue weighted by Gasteiger charge is -2.31. The van der Waals surface area contributed by atoms with Gasteiger partial charge in [0.05, 0.1) is 6.26 Å². The van der Waals surface area contributed by atoms with Crippen LogP contribution in [0.2, 0.25) is 0 Å². The van der Waals surface area contributed by atoms with Gasteiger partial charge < -0.3 is 9.42 Å². The first-order valence-corrected chi connectivity index (χ1v) is 10.0. The highest BCUT2D eigenvalue weighted by atomic mass is 32.4. The summed E-state index contributed by atoms with van der Waals surface area (Å²) in [5.41, 5.74) is 4.53. The second-order valence-electron chi connectivity index (χ2n) is 5.41. The molecule has 0 saturated carbocycles. The predicted molar refractivity (Wildman–Crippen MR) is 95.7 cm³/mol. The molecular formula is C17H15F3NOPS. The Bertz CT molecular complexity index is 770. The Balaban J connectivity index is 2.00. The first-order valence-electron chi connectivity index (χ1n) is 7.26. The summed E-state index contributed by atoms with van der Waals surface area (Å²) in [6.45, 7) is -2.39. The molecule has 2 aromatic rings. The first kappa shape index (κ1) is 17.1. The molecule has 126 valence electrons. The number of benzene rings is 2. The molecule has 2 aromatic carbocycles. The van der Waals surface area contributed by atoms with Crippen LogP contribution in [0.5, 0.6) is 0 Å². The summed E-state index contributed by atoms with van der Waals surface area (Å²) in [6, 6.07) is 15.4. The van der Waals surface area contributed by atoms with Gasteiger partial charge in [0.2, 0.25) is 0 Å². The molecular weight excluding hydrogens is 354 g/mol. The molecule has 1 aliphatic rings. The van der Waals surface area contributed by atoms with E-state index in [4.69, 9.17) is 16.3 Å². The molecule has 24 heavy (non-hydrogen) atoms. The SMILES string of the molecule is CN1c2ccccc2C(=CO[PH](=S)CC(F)(F)F)c2ccccc21. The largest absolute Gasteiger partial charge is 0.476 e. The predicted octanol–water partition coefficient (Wildman–Crippen LogP) is 5.33.